The molecule has 0 fully saturated rings. The second-order valence-electron chi connectivity index (χ2n) is 8.19. The third kappa shape index (κ3) is 5.43. The molecule has 37 heavy (non-hydrogen) atoms. The van der Waals surface area contributed by atoms with Crippen LogP contribution in [0.15, 0.2) is 66.7 Å². The molecule has 1 heterocycles. The van der Waals surface area contributed by atoms with E-state index < -0.39 is 30.3 Å². The minimum absolute atomic E-state index is 0.00127. The monoisotopic (exact) mass is 499 g/mol. The molecule has 0 aliphatic carbocycles. The molecular weight excluding hydrogens is 478 g/mol. The van der Waals surface area contributed by atoms with Gasteiger partial charge in [0.1, 0.15) is 0 Å². The Kier molecular flexibility index (Phi) is 6.92. The van der Waals surface area contributed by atoms with E-state index in [-0.39, 0.29) is 28.4 Å². The summed E-state index contributed by atoms with van der Waals surface area (Å²) in [5.74, 6) is -2.97. The Morgan fingerprint density at radius 3 is 1.92 bits per heavy atom. The second kappa shape index (κ2) is 10.2. The Labute approximate surface area is 211 Å². The molecule has 0 atom stereocenters. The SMILES string of the molecule is CC(=O)Nc1ccc(N2C(=O)c3ccc(C(=O)OCC(=O)Nc4ccc(C(C)=O)cc4)cc3C2=O)cc1. The number of nitrogens with one attached hydrogen (secondary N) is 2. The van der Waals surface area contributed by atoms with Gasteiger partial charge in [-0.15, -0.1) is 0 Å². The molecule has 0 aromatic heterocycles. The van der Waals surface area contributed by atoms with Crippen molar-refractivity contribution in [2.75, 3.05) is 22.1 Å². The fourth-order valence-electron chi connectivity index (χ4n) is 3.70. The van der Waals surface area contributed by atoms with Gasteiger partial charge in [-0.1, -0.05) is 0 Å². The number of ether oxygens (including phenoxy) is 1. The zero-order chi connectivity index (χ0) is 26.7. The van der Waals surface area contributed by atoms with Gasteiger partial charge in [0.25, 0.3) is 17.7 Å². The average molecular weight is 499 g/mol. The highest BCUT2D eigenvalue weighted by Gasteiger charge is 2.37. The Hall–Kier alpha value is -5.12. The summed E-state index contributed by atoms with van der Waals surface area (Å²) in [6.45, 7) is 2.21. The van der Waals surface area contributed by atoms with E-state index in [0.717, 1.165) is 4.90 Å². The van der Waals surface area contributed by atoms with E-state index in [1.54, 1.807) is 36.4 Å². The summed E-state index contributed by atoms with van der Waals surface area (Å²) >= 11 is 0. The standard InChI is InChI=1S/C27H21N3O7/c1-15(31)17-3-6-20(7-4-17)29-24(33)14-37-27(36)18-5-12-22-23(13-18)26(35)30(25(22)34)21-10-8-19(9-11-21)28-16(2)32/h3-13H,14H2,1-2H3,(H,28,32)(H,29,33). The number of ketones is 1. The molecule has 10 heteroatoms. The van der Waals surface area contributed by atoms with Crippen LogP contribution in [0, 0.1) is 0 Å². The predicted molar refractivity (Wildman–Crippen MR) is 134 cm³/mol. The maximum absolute atomic E-state index is 13.0. The minimum Gasteiger partial charge on any atom is -0.452 e. The third-order valence-electron chi connectivity index (χ3n) is 5.48. The molecule has 0 radical (unpaired) electrons. The molecule has 1 aliphatic heterocycles. The van der Waals surface area contributed by atoms with Crippen LogP contribution in [0.5, 0.6) is 0 Å². The van der Waals surface area contributed by atoms with Crippen LogP contribution in [-0.2, 0) is 14.3 Å². The van der Waals surface area contributed by atoms with E-state index in [1.807, 2.05) is 0 Å². The lowest BCUT2D eigenvalue weighted by molar-refractivity contribution is -0.119. The number of carbonyl (C=O) groups excluding carboxylic acids is 6. The predicted octanol–water partition coefficient (Wildman–Crippen LogP) is 3.44. The lowest BCUT2D eigenvalue weighted by Crippen LogP contribution is -2.29. The van der Waals surface area contributed by atoms with Crippen molar-refractivity contribution in [2.45, 2.75) is 13.8 Å². The molecular formula is C27H21N3O7. The van der Waals surface area contributed by atoms with Crippen molar-refractivity contribution in [1.29, 1.82) is 0 Å². The topological polar surface area (TPSA) is 139 Å². The third-order valence-corrected chi connectivity index (χ3v) is 5.48. The highest BCUT2D eigenvalue weighted by atomic mass is 16.5. The van der Waals surface area contributed by atoms with Gasteiger partial charge < -0.3 is 15.4 Å². The fraction of sp³-hybridized carbons (Fsp3) is 0.111. The number of anilines is 3. The van der Waals surface area contributed by atoms with Gasteiger partial charge >= 0.3 is 5.97 Å². The quantitative estimate of drug-likeness (QED) is 0.288. The van der Waals surface area contributed by atoms with Crippen LogP contribution in [0.2, 0.25) is 0 Å². The zero-order valence-electron chi connectivity index (χ0n) is 19.9. The van der Waals surface area contributed by atoms with E-state index in [0.29, 0.717) is 22.6 Å². The number of hydrogen-bond donors (Lipinski definition) is 2. The Morgan fingerprint density at radius 1 is 0.730 bits per heavy atom. The van der Waals surface area contributed by atoms with Crippen LogP contribution >= 0.6 is 0 Å². The summed E-state index contributed by atoms with van der Waals surface area (Å²) in [6, 6.07) is 16.4. The number of Topliss-reactive ketones (excluding diaryl/α,β-unsaturated/α-hetero) is 1. The molecule has 0 saturated heterocycles. The highest BCUT2D eigenvalue weighted by Crippen LogP contribution is 2.30. The maximum atomic E-state index is 13.0. The lowest BCUT2D eigenvalue weighted by atomic mass is 10.1. The molecule has 2 N–H and O–H groups in total. The molecule has 186 valence electrons. The summed E-state index contributed by atoms with van der Waals surface area (Å²) in [6.07, 6.45) is 0. The van der Waals surface area contributed by atoms with Crippen LogP contribution in [-0.4, -0.2) is 42.0 Å². The van der Waals surface area contributed by atoms with Crippen molar-refractivity contribution < 1.29 is 33.5 Å². The largest absolute Gasteiger partial charge is 0.452 e. The number of fused-ring (bicyclic) bond motifs is 1. The van der Waals surface area contributed by atoms with Crippen LogP contribution < -0.4 is 15.5 Å². The number of amides is 4. The highest BCUT2D eigenvalue weighted by molar-refractivity contribution is 6.34. The molecule has 10 nitrogen and oxygen atoms in total. The van der Waals surface area contributed by atoms with Crippen molar-refractivity contribution in [3.8, 4) is 0 Å². The van der Waals surface area contributed by atoms with Gasteiger partial charge in [0, 0.05) is 23.9 Å². The van der Waals surface area contributed by atoms with Crippen molar-refractivity contribution in [2.24, 2.45) is 0 Å². The first-order chi connectivity index (χ1) is 17.6. The maximum Gasteiger partial charge on any atom is 0.338 e. The van der Waals surface area contributed by atoms with Crippen molar-refractivity contribution in [3.63, 3.8) is 0 Å². The van der Waals surface area contributed by atoms with Gasteiger partial charge in [-0.25, -0.2) is 9.69 Å². The Balaban J connectivity index is 1.41. The van der Waals surface area contributed by atoms with Crippen LogP contribution in [0.1, 0.15) is 55.3 Å². The lowest BCUT2D eigenvalue weighted by Gasteiger charge is -2.14. The fourth-order valence-corrected chi connectivity index (χ4v) is 3.70. The van der Waals surface area contributed by atoms with E-state index in [2.05, 4.69) is 10.6 Å². The molecule has 4 amide bonds. The van der Waals surface area contributed by atoms with Gasteiger partial charge in [0.2, 0.25) is 5.91 Å². The van der Waals surface area contributed by atoms with Gasteiger partial charge in [-0.3, -0.25) is 24.0 Å². The molecule has 0 saturated carbocycles. The van der Waals surface area contributed by atoms with E-state index in [9.17, 15) is 28.8 Å². The summed E-state index contributed by atoms with van der Waals surface area (Å²) in [7, 11) is 0. The Bertz CT molecular complexity index is 1440. The number of nitrogens with zero attached hydrogens (tertiary/aromatic N) is 1. The molecule has 1 aliphatic rings. The van der Waals surface area contributed by atoms with Crippen LogP contribution in [0.3, 0.4) is 0 Å². The van der Waals surface area contributed by atoms with Crippen LogP contribution in [0.4, 0.5) is 17.1 Å². The number of carbonyl (C=O) groups is 6. The average Bonchev–Trinajstić information content (AvgIpc) is 3.12. The smallest absolute Gasteiger partial charge is 0.338 e. The number of imide groups is 1. The van der Waals surface area contributed by atoms with E-state index in [1.165, 1.54) is 44.2 Å². The van der Waals surface area contributed by atoms with Crippen molar-refractivity contribution in [3.05, 3.63) is 89.0 Å². The minimum atomic E-state index is -0.844. The molecule has 0 unspecified atom stereocenters. The molecule has 0 spiro atoms. The van der Waals surface area contributed by atoms with Gasteiger partial charge in [-0.05, 0) is 73.7 Å². The van der Waals surface area contributed by atoms with Gasteiger partial charge in [0.05, 0.1) is 22.4 Å². The van der Waals surface area contributed by atoms with E-state index in [4.69, 9.17) is 4.74 Å². The van der Waals surface area contributed by atoms with Crippen molar-refractivity contribution in [1.82, 2.24) is 0 Å². The molecule has 3 aromatic carbocycles. The summed E-state index contributed by atoms with van der Waals surface area (Å²) in [5.41, 5.74) is 1.89. The first kappa shape index (κ1) is 25.0. The molecule has 4 rings (SSSR count). The zero-order valence-corrected chi connectivity index (χ0v) is 19.9. The number of hydrogen-bond acceptors (Lipinski definition) is 7. The molecule has 0 bridgehead atoms. The summed E-state index contributed by atoms with van der Waals surface area (Å²) in [5, 5.41) is 5.15. The number of rotatable bonds is 7. The van der Waals surface area contributed by atoms with Crippen LogP contribution in [0.25, 0.3) is 0 Å². The van der Waals surface area contributed by atoms with E-state index >= 15 is 0 Å². The van der Waals surface area contributed by atoms with Gasteiger partial charge in [0.15, 0.2) is 12.4 Å². The first-order valence-electron chi connectivity index (χ1n) is 11.1. The number of esters is 1. The van der Waals surface area contributed by atoms with Crippen molar-refractivity contribution >= 4 is 52.4 Å². The first-order valence-corrected chi connectivity index (χ1v) is 11.1. The normalized spacial score (nSPS) is 12.1. The second-order valence-corrected chi connectivity index (χ2v) is 8.19. The summed E-state index contributed by atoms with van der Waals surface area (Å²) in [4.78, 5) is 74.0. The van der Waals surface area contributed by atoms with Gasteiger partial charge in [-0.2, -0.15) is 0 Å². The number of benzene rings is 3. The molecule has 3 aromatic rings. The Morgan fingerprint density at radius 2 is 1.30 bits per heavy atom. The summed E-state index contributed by atoms with van der Waals surface area (Å²) < 4.78 is 5.05.